The van der Waals surface area contributed by atoms with Crippen molar-refractivity contribution in [3.05, 3.63) is 0 Å². The van der Waals surface area contributed by atoms with Gasteiger partial charge in [-0.1, -0.05) is 6.92 Å². The van der Waals surface area contributed by atoms with E-state index in [-0.39, 0.29) is 12.1 Å². The van der Waals surface area contributed by atoms with Gasteiger partial charge >= 0.3 is 0 Å². The molecule has 0 aromatic heterocycles. The van der Waals surface area contributed by atoms with Crippen molar-refractivity contribution < 1.29 is 5.11 Å². The summed E-state index contributed by atoms with van der Waals surface area (Å²) in [5.74, 6) is 0. The highest BCUT2D eigenvalue weighted by Crippen LogP contribution is 2.30. The second-order valence-electron chi connectivity index (χ2n) is 5.08. The summed E-state index contributed by atoms with van der Waals surface area (Å²) in [5.41, 5.74) is -0.137. The molecule has 2 atom stereocenters. The first-order valence-corrected chi connectivity index (χ1v) is 6.12. The highest BCUT2D eigenvalue weighted by molar-refractivity contribution is 4.91. The molecule has 1 fully saturated rings. The van der Waals surface area contributed by atoms with E-state index in [0.717, 1.165) is 19.0 Å². The van der Waals surface area contributed by atoms with Crippen molar-refractivity contribution in [1.82, 2.24) is 10.2 Å². The molecule has 90 valence electrons. The van der Waals surface area contributed by atoms with Gasteiger partial charge in [-0.05, 0) is 46.7 Å². The molecule has 3 heteroatoms. The van der Waals surface area contributed by atoms with Crippen molar-refractivity contribution in [1.29, 1.82) is 0 Å². The molecule has 0 radical (unpaired) electrons. The Hall–Kier alpha value is -0.120. The van der Waals surface area contributed by atoms with Gasteiger partial charge in [0.2, 0.25) is 0 Å². The molecular weight excluding hydrogens is 188 g/mol. The number of likely N-dealkylation sites (N-methyl/N-ethyl adjacent to an activating group) is 1. The van der Waals surface area contributed by atoms with Gasteiger partial charge in [-0.2, -0.15) is 0 Å². The van der Waals surface area contributed by atoms with Crippen LogP contribution in [0, 0.1) is 0 Å². The second kappa shape index (κ2) is 5.28. The van der Waals surface area contributed by atoms with Gasteiger partial charge in [0, 0.05) is 17.6 Å². The molecule has 2 N–H and O–H groups in total. The molecule has 3 nitrogen and oxygen atoms in total. The summed E-state index contributed by atoms with van der Waals surface area (Å²) in [6.07, 6.45) is 3.71. The maximum atomic E-state index is 9.36. The van der Waals surface area contributed by atoms with E-state index < -0.39 is 0 Å². The third kappa shape index (κ3) is 3.44. The lowest BCUT2D eigenvalue weighted by molar-refractivity contribution is 0.118. The molecule has 1 aliphatic rings. The monoisotopic (exact) mass is 214 g/mol. The zero-order chi connectivity index (χ0) is 11.5. The van der Waals surface area contributed by atoms with E-state index >= 15 is 0 Å². The van der Waals surface area contributed by atoms with Crippen molar-refractivity contribution in [3.63, 3.8) is 0 Å². The molecule has 0 aromatic carbocycles. The Morgan fingerprint density at radius 1 is 1.53 bits per heavy atom. The third-order valence-corrected chi connectivity index (χ3v) is 3.65. The molecule has 1 rings (SSSR count). The summed E-state index contributed by atoms with van der Waals surface area (Å²) in [7, 11) is 1.93. The lowest BCUT2D eigenvalue weighted by Crippen LogP contribution is -2.49. The molecule has 0 amide bonds. The van der Waals surface area contributed by atoms with Crippen LogP contribution in [0.15, 0.2) is 0 Å². The first-order valence-electron chi connectivity index (χ1n) is 6.12. The van der Waals surface area contributed by atoms with E-state index in [1.807, 2.05) is 7.05 Å². The van der Waals surface area contributed by atoms with Crippen molar-refractivity contribution in [2.75, 3.05) is 20.2 Å². The van der Waals surface area contributed by atoms with E-state index in [1.54, 1.807) is 0 Å². The summed E-state index contributed by atoms with van der Waals surface area (Å²) in [5, 5.41) is 12.6. The lowest BCUT2D eigenvalue weighted by atomic mass is 9.94. The summed E-state index contributed by atoms with van der Waals surface area (Å²) >= 11 is 0. The zero-order valence-electron chi connectivity index (χ0n) is 10.6. The first-order chi connectivity index (χ1) is 7.06. The summed E-state index contributed by atoms with van der Waals surface area (Å²) in [6.45, 7) is 7.91. The number of aliphatic hydroxyl groups excluding tert-OH is 1. The van der Waals surface area contributed by atoms with Crippen molar-refractivity contribution >= 4 is 0 Å². The number of rotatable bonds is 7. The Morgan fingerprint density at radius 2 is 2.13 bits per heavy atom. The van der Waals surface area contributed by atoms with Crippen LogP contribution in [0.3, 0.4) is 0 Å². The van der Waals surface area contributed by atoms with E-state index in [4.69, 9.17) is 0 Å². The molecule has 0 bridgehead atoms. The molecule has 15 heavy (non-hydrogen) atoms. The number of nitrogens with one attached hydrogen (secondary N) is 1. The highest BCUT2D eigenvalue weighted by Gasteiger charge is 2.34. The quantitative estimate of drug-likeness (QED) is 0.669. The van der Waals surface area contributed by atoms with Crippen LogP contribution in [0.4, 0.5) is 0 Å². The minimum atomic E-state index is -0.137. The molecule has 2 unspecified atom stereocenters. The number of hydrogen-bond donors (Lipinski definition) is 2. The van der Waals surface area contributed by atoms with Crippen LogP contribution in [0.2, 0.25) is 0 Å². The molecule has 0 aliphatic heterocycles. The molecule has 1 saturated carbocycles. The van der Waals surface area contributed by atoms with E-state index in [9.17, 15) is 5.11 Å². The average Bonchev–Trinajstić information content (AvgIpc) is 3.03. The van der Waals surface area contributed by atoms with Crippen LogP contribution in [-0.4, -0.2) is 47.8 Å². The van der Waals surface area contributed by atoms with Gasteiger partial charge < -0.3 is 10.4 Å². The number of nitrogens with zero attached hydrogens (tertiary/aromatic N) is 1. The Balaban J connectivity index is 2.47. The Bertz CT molecular complexity index is 188. The largest absolute Gasteiger partial charge is 0.394 e. The maximum absolute atomic E-state index is 9.36. The first kappa shape index (κ1) is 12.9. The van der Waals surface area contributed by atoms with Gasteiger partial charge in [0.05, 0.1) is 6.61 Å². The van der Waals surface area contributed by atoms with Crippen LogP contribution < -0.4 is 5.32 Å². The maximum Gasteiger partial charge on any atom is 0.0611 e. The molecule has 0 heterocycles. The fraction of sp³-hybridized carbons (Fsp3) is 1.00. The van der Waals surface area contributed by atoms with E-state index in [0.29, 0.717) is 6.04 Å². The van der Waals surface area contributed by atoms with E-state index in [2.05, 4.69) is 31.0 Å². The Labute approximate surface area is 93.9 Å². The minimum Gasteiger partial charge on any atom is -0.394 e. The third-order valence-electron chi connectivity index (χ3n) is 3.65. The average molecular weight is 214 g/mol. The van der Waals surface area contributed by atoms with Crippen LogP contribution in [0.5, 0.6) is 0 Å². The van der Waals surface area contributed by atoms with Crippen molar-refractivity contribution in [2.45, 2.75) is 57.7 Å². The Morgan fingerprint density at radius 3 is 2.47 bits per heavy atom. The smallest absolute Gasteiger partial charge is 0.0611 e. The normalized spacial score (nSPS) is 22.8. The van der Waals surface area contributed by atoms with Crippen molar-refractivity contribution in [3.8, 4) is 0 Å². The summed E-state index contributed by atoms with van der Waals surface area (Å²) in [4.78, 5) is 2.56. The molecule has 0 saturated heterocycles. The molecule has 1 aliphatic carbocycles. The highest BCUT2D eigenvalue weighted by atomic mass is 16.3. The van der Waals surface area contributed by atoms with Crippen LogP contribution in [0.1, 0.15) is 40.0 Å². The van der Waals surface area contributed by atoms with E-state index in [1.165, 1.54) is 12.8 Å². The zero-order valence-corrected chi connectivity index (χ0v) is 10.6. The van der Waals surface area contributed by atoms with Gasteiger partial charge in [0.1, 0.15) is 0 Å². The second-order valence-corrected chi connectivity index (χ2v) is 5.08. The SMILES string of the molecule is CCN(C(C)CC(C)(CO)NC)C1CC1. The summed E-state index contributed by atoms with van der Waals surface area (Å²) < 4.78 is 0. The molecule has 0 spiro atoms. The molecular formula is C12H26N2O. The number of aliphatic hydroxyl groups is 1. The fourth-order valence-electron chi connectivity index (χ4n) is 2.35. The molecule has 0 aromatic rings. The number of hydrogen-bond acceptors (Lipinski definition) is 3. The van der Waals surface area contributed by atoms with Gasteiger partial charge in [-0.15, -0.1) is 0 Å². The van der Waals surface area contributed by atoms with Crippen molar-refractivity contribution in [2.24, 2.45) is 0 Å². The lowest BCUT2D eigenvalue weighted by Gasteiger charge is -2.35. The van der Waals surface area contributed by atoms with Gasteiger partial charge in [-0.25, -0.2) is 0 Å². The predicted octanol–water partition coefficient (Wildman–Crippen LogP) is 1.22. The van der Waals surface area contributed by atoms with Crippen LogP contribution >= 0.6 is 0 Å². The topological polar surface area (TPSA) is 35.5 Å². The van der Waals surface area contributed by atoms with Crippen LogP contribution in [-0.2, 0) is 0 Å². The van der Waals surface area contributed by atoms with Gasteiger partial charge in [-0.3, -0.25) is 4.90 Å². The Kier molecular flexibility index (Phi) is 4.56. The fourth-order valence-corrected chi connectivity index (χ4v) is 2.35. The minimum absolute atomic E-state index is 0.137. The van der Waals surface area contributed by atoms with Gasteiger partial charge in [0.15, 0.2) is 0 Å². The standard InChI is InChI=1S/C12H26N2O/c1-5-14(11-6-7-11)10(2)8-12(3,9-15)13-4/h10-11,13,15H,5-9H2,1-4H3. The van der Waals surface area contributed by atoms with Crippen LogP contribution in [0.25, 0.3) is 0 Å². The van der Waals surface area contributed by atoms with Gasteiger partial charge in [0.25, 0.3) is 0 Å². The predicted molar refractivity (Wildman–Crippen MR) is 64.0 cm³/mol. The summed E-state index contributed by atoms with van der Waals surface area (Å²) in [6, 6.07) is 1.36.